The van der Waals surface area contributed by atoms with Crippen LogP contribution in [-0.2, 0) is 4.79 Å². The maximum absolute atomic E-state index is 12.1. The lowest BCUT2D eigenvalue weighted by atomic mass is 10.1. The fraction of sp³-hybridized carbons (Fsp3) is 0.158. The number of aromatic nitrogens is 3. The first-order valence-electron chi connectivity index (χ1n) is 8.04. The third-order valence-electron chi connectivity index (χ3n) is 3.66. The van der Waals surface area contributed by atoms with Crippen LogP contribution in [0.15, 0.2) is 53.7 Å². The molecule has 0 saturated carbocycles. The Hall–Kier alpha value is -2.93. The number of anilines is 1. The number of benzene rings is 2. The van der Waals surface area contributed by atoms with Crippen molar-refractivity contribution in [3.05, 3.63) is 59.7 Å². The summed E-state index contributed by atoms with van der Waals surface area (Å²) in [6, 6.07) is 14.8. The number of carbonyl (C=O) groups is 2. The highest BCUT2D eigenvalue weighted by Crippen LogP contribution is 2.20. The molecule has 0 aliphatic heterocycles. The fourth-order valence-electron chi connectivity index (χ4n) is 2.35. The highest BCUT2D eigenvalue weighted by atomic mass is 32.2. The summed E-state index contributed by atoms with van der Waals surface area (Å²) >= 11 is 1.26. The van der Waals surface area contributed by atoms with E-state index in [0.717, 1.165) is 11.1 Å². The summed E-state index contributed by atoms with van der Waals surface area (Å²) in [7, 11) is 0. The third-order valence-corrected chi connectivity index (χ3v) is 4.51. The number of nitrogens with zero attached hydrogens (tertiary/aromatic N) is 2. The number of thioether (sulfide) groups is 1. The van der Waals surface area contributed by atoms with Gasteiger partial charge in [-0.15, -0.1) is 5.10 Å². The number of aryl methyl sites for hydroxylation is 1. The molecule has 0 fully saturated rings. The van der Waals surface area contributed by atoms with E-state index in [1.54, 1.807) is 24.3 Å². The standard InChI is InChI=1S/C19H18N4O2S/c1-12-4-3-5-15(10-12)18-21-19(23-22-18)26-11-17(25)20-16-8-6-14(7-9-16)13(2)24/h3-10H,11H2,1-2H3,(H,20,25)(H,21,22,23). The van der Waals surface area contributed by atoms with Crippen LogP contribution in [0.4, 0.5) is 5.69 Å². The molecule has 26 heavy (non-hydrogen) atoms. The second-order valence-corrected chi connectivity index (χ2v) is 6.75. The smallest absolute Gasteiger partial charge is 0.234 e. The lowest BCUT2D eigenvalue weighted by Gasteiger charge is -2.04. The van der Waals surface area contributed by atoms with Crippen molar-refractivity contribution in [2.75, 3.05) is 11.1 Å². The van der Waals surface area contributed by atoms with E-state index < -0.39 is 0 Å². The molecule has 3 rings (SSSR count). The first kappa shape index (κ1) is 17.9. The Labute approximate surface area is 155 Å². The minimum atomic E-state index is -0.160. The maximum atomic E-state index is 12.1. The molecule has 1 heterocycles. The molecular weight excluding hydrogens is 348 g/mol. The SMILES string of the molecule is CC(=O)c1ccc(NC(=O)CSc2n[nH]c(-c3cccc(C)c3)n2)cc1. The molecule has 0 saturated heterocycles. The molecule has 0 atom stereocenters. The normalized spacial score (nSPS) is 10.5. The number of aromatic amines is 1. The first-order chi connectivity index (χ1) is 12.5. The van der Waals surface area contributed by atoms with Crippen LogP contribution in [0.5, 0.6) is 0 Å². The van der Waals surface area contributed by atoms with Crippen molar-refractivity contribution >= 4 is 29.1 Å². The van der Waals surface area contributed by atoms with Gasteiger partial charge in [-0.3, -0.25) is 14.7 Å². The number of rotatable bonds is 6. The third kappa shape index (κ3) is 4.58. The number of nitrogens with one attached hydrogen (secondary N) is 2. The van der Waals surface area contributed by atoms with Gasteiger partial charge in [0, 0.05) is 16.8 Å². The lowest BCUT2D eigenvalue weighted by Crippen LogP contribution is -2.14. The number of hydrogen-bond donors (Lipinski definition) is 2. The summed E-state index contributed by atoms with van der Waals surface area (Å²) in [4.78, 5) is 27.7. The Kier molecular flexibility index (Phi) is 5.48. The number of amides is 1. The highest BCUT2D eigenvalue weighted by Gasteiger charge is 2.10. The van der Waals surface area contributed by atoms with Crippen molar-refractivity contribution in [3.63, 3.8) is 0 Å². The molecule has 0 aliphatic carbocycles. The summed E-state index contributed by atoms with van der Waals surface area (Å²) in [5.74, 6) is 0.705. The summed E-state index contributed by atoms with van der Waals surface area (Å²) in [6.45, 7) is 3.52. The van der Waals surface area contributed by atoms with Crippen molar-refractivity contribution in [1.82, 2.24) is 15.2 Å². The van der Waals surface area contributed by atoms with Crippen LogP contribution in [-0.4, -0.2) is 32.6 Å². The lowest BCUT2D eigenvalue weighted by molar-refractivity contribution is -0.113. The highest BCUT2D eigenvalue weighted by molar-refractivity contribution is 7.99. The van der Waals surface area contributed by atoms with Gasteiger partial charge in [0.15, 0.2) is 11.6 Å². The Balaban J connectivity index is 1.55. The fourth-order valence-corrected chi connectivity index (χ4v) is 2.95. The van der Waals surface area contributed by atoms with Crippen molar-refractivity contribution in [2.24, 2.45) is 0 Å². The number of hydrogen-bond acceptors (Lipinski definition) is 5. The molecule has 1 amide bonds. The topological polar surface area (TPSA) is 87.7 Å². The van der Waals surface area contributed by atoms with Gasteiger partial charge in [-0.25, -0.2) is 4.98 Å². The summed E-state index contributed by atoms with van der Waals surface area (Å²) in [5, 5.41) is 10.3. The molecule has 1 aromatic heterocycles. The van der Waals surface area contributed by atoms with Crippen LogP contribution < -0.4 is 5.32 Å². The zero-order valence-electron chi connectivity index (χ0n) is 14.4. The number of H-pyrrole nitrogens is 1. The molecule has 2 aromatic carbocycles. The van der Waals surface area contributed by atoms with Crippen LogP contribution in [0.3, 0.4) is 0 Å². The van der Waals surface area contributed by atoms with Crippen LogP contribution in [0.25, 0.3) is 11.4 Å². The average Bonchev–Trinajstić information content (AvgIpc) is 3.09. The van der Waals surface area contributed by atoms with E-state index in [9.17, 15) is 9.59 Å². The van der Waals surface area contributed by atoms with Gasteiger partial charge in [0.2, 0.25) is 11.1 Å². The van der Waals surface area contributed by atoms with Gasteiger partial charge in [-0.1, -0.05) is 35.5 Å². The second kappa shape index (κ2) is 7.97. The van der Waals surface area contributed by atoms with Crippen LogP contribution in [0.2, 0.25) is 0 Å². The summed E-state index contributed by atoms with van der Waals surface area (Å²) in [5.41, 5.74) is 3.36. The minimum absolute atomic E-state index is 0.00699. The Morgan fingerprint density at radius 2 is 1.92 bits per heavy atom. The molecular formula is C19H18N4O2S. The zero-order valence-corrected chi connectivity index (χ0v) is 15.3. The van der Waals surface area contributed by atoms with Gasteiger partial charge < -0.3 is 5.32 Å². The first-order valence-corrected chi connectivity index (χ1v) is 9.03. The van der Waals surface area contributed by atoms with Gasteiger partial charge in [0.05, 0.1) is 5.75 Å². The Morgan fingerprint density at radius 1 is 1.15 bits per heavy atom. The largest absolute Gasteiger partial charge is 0.325 e. The van der Waals surface area contributed by atoms with E-state index in [-0.39, 0.29) is 17.4 Å². The van der Waals surface area contributed by atoms with Crippen molar-refractivity contribution in [3.8, 4) is 11.4 Å². The quantitative estimate of drug-likeness (QED) is 0.513. The van der Waals surface area contributed by atoms with Crippen LogP contribution >= 0.6 is 11.8 Å². The molecule has 0 radical (unpaired) electrons. The Morgan fingerprint density at radius 3 is 2.62 bits per heavy atom. The predicted molar refractivity (Wildman–Crippen MR) is 102 cm³/mol. The van der Waals surface area contributed by atoms with Crippen LogP contribution in [0, 0.1) is 6.92 Å². The predicted octanol–water partition coefficient (Wildman–Crippen LogP) is 3.71. The van der Waals surface area contributed by atoms with E-state index in [4.69, 9.17) is 0 Å². The van der Waals surface area contributed by atoms with Crippen LogP contribution in [0.1, 0.15) is 22.8 Å². The van der Waals surface area contributed by atoms with Gasteiger partial charge in [-0.2, -0.15) is 0 Å². The van der Waals surface area contributed by atoms with E-state index >= 15 is 0 Å². The van der Waals surface area contributed by atoms with Crippen molar-refractivity contribution in [1.29, 1.82) is 0 Å². The summed E-state index contributed by atoms with van der Waals surface area (Å²) in [6.07, 6.45) is 0. The number of Topliss-reactive ketones (excluding diaryl/α,β-unsaturated/α-hetero) is 1. The van der Waals surface area contributed by atoms with E-state index in [1.165, 1.54) is 18.7 Å². The van der Waals surface area contributed by atoms with Gasteiger partial charge >= 0.3 is 0 Å². The maximum Gasteiger partial charge on any atom is 0.234 e. The number of ketones is 1. The van der Waals surface area contributed by atoms with E-state index in [1.807, 2.05) is 31.2 Å². The molecule has 132 valence electrons. The zero-order chi connectivity index (χ0) is 18.5. The molecule has 2 N–H and O–H groups in total. The molecule has 0 aliphatic rings. The van der Waals surface area contributed by atoms with Crippen molar-refractivity contribution < 1.29 is 9.59 Å². The molecule has 0 spiro atoms. The van der Waals surface area contributed by atoms with Gasteiger partial charge in [-0.05, 0) is 44.2 Å². The second-order valence-electron chi connectivity index (χ2n) is 5.81. The number of carbonyl (C=O) groups excluding carboxylic acids is 2. The molecule has 7 heteroatoms. The minimum Gasteiger partial charge on any atom is -0.325 e. The van der Waals surface area contributed by atoms with E-state index in [2.05, 4.69) is 20.5 Å². The van der Waals surface area contributed by atoms with E-state index in [0.29, 0.717) is 22.2 Å². The molecule has 3 aromatic rings. The molecule has 0 bridgehead atoms. The van der Waals surface area contributed by atoms with Gasteiger partial charge in [0.1, 0.15) is 0 Å². The Bertz CT molecular complexity index is 935. The van der Waals surface area contributed by atoms with Crippen molar-refractivity contribution in [2.45, 2.75) is 19.0 Å². The monoisotopic (exact) mass is 366 g/mol. The summed E-state index contributed by atoms with van der Waals surface area (Å²) < 4.78 is 0. The molecule has 6 nitrogen and oxygen atoms in total. The average molecular weight is 366 g/mol. The molecule has 0 unspecified atom stereocenters. The van der Waals surface area contributed by atoms with Gasteiger partial charge in [0.25, 0.3) is 0 Å².